The molecule has 4 rings (SSSR count). The summed E-state index contributed by atoms with van der Waals surface area (Å²) in [5.74, 6) is 0.610. The third-order valence-electron chi connectivity index (χ3n) is 7.26. The molecule has 2 aromatic carbocycles. The van der Waals surface area contributed by atoms with E-state index in [1.807, 2.05) is 23.1 Å². The number of piperidine rings is 1. The van der Waals surface area contributed by atoms with Crippen molar-refractivity contribution in [2.45, 2.75) is 25.7 Å². The van der Waals surface area contributed by atoms with Crippen molar-refractivity contribution in [1.29, 1.82) is 0 Å². The first-order valence-corrected chi connectivity index (χ1v) is 12.0. The van der Waals surface area contributed by atoms with Crippen LogP contribution in [0.25, 0.3) is 0 Å². The Hall–Kier alpha value is -3.55. The quantitative estimate of drug-likeness (QED) is 0.653. The number of ether oxygens (including phenoxy) is 2. The van der Waals surface area contributed by atoms with Crippen molar-refractivity contribution in [3.8, 4) is 11.5 Å². The van der Waals surface area contributed by atoms with Crippen LogP contribution in [0.4, 0.5) is 0 Å². The van der Waals surface area contributed by atoms with E-state index in [9.17, 15) is 19.5 Å². The molecule has 0 saturated carbocycles. The fourth-order valence-corrected chi connectivity index (χ4v) is 5.33. The lowest BCUT2D eigenvalue weighted by Gasteiger charge is -2.37. The Balaban J connectivity index is 1.41. The van der Waals surface area contributed by atoms with Crippen LogP contribution in [0.2, 0.25) is 0 Å². The Kier molecular flexibility index (Phi) is 7.58. The molecule has 0 aliphatic carbocycles. The van der Waals surface area contributed by atoms with Gasteiger partial charge >= 0.3 is 5.97 Å². The minimum Gasteiger partial charge on any atom is -0.493 e. The molecule has 2 amide bonds. The maximum Gasteiger partial charge on any atom is 0.336 e. The van der Waals surface area contributed by atoms with Gasteiger partial charge in [-0.3, -0.25) is 9.59 Å². The van der Waals surface area contributed by atoms with Crippen molar-refractivity contribution in [3.05, 3.63) is 59.2 Å². The Morgan fingerprint density at radius 3 is 2.43 bits per heavy atom. The Morgan fingerprint density at radius 2 is 1.71 bits per heavy atom. The van der Waals surface area contributed by atoms with E-state index in [1.165, 1.54) is 6.07 Å². The summed E-state index contributed by atoms with van der Waals surface area (Å²) in [6.07, 6.45) is 2.70. The molecule has 0 radical (unpaired) electrons. The van der Waals surface area contributed by atoms with Gasteiger partial charge in [-0.2, -0.15) is 0 Å². The van der Waals surface area contributed by atoms with Crippen LogP contribution < -0.4 is 9.47 Å². The number of rotatable bonds is 7. The van der Waals surface area contributed by atoms with Crippen molar-refractivity contribution in [3.63, 3.8) is 0 Å². The van der Waals surface area contributed by atoms with Gasteiger partial charge in [-0.15, -0.1) is 0 Å². The van der Waals surface area contributed by atoms with Crippen molar-refractivity contribution in [2.24, 2.45) is 11.8 Å². The van der Waals surface area contributed by atoms with Gasteiger partial charge in [-0.1, -0.05) is 24.3 Å². The predicted octanol–water partition coefficient (Wildman–Crippen LogP) is 3.35. The highest BCUT2D eigenvalue weighted by Crippen LogP contribution is 2.34. The molecule has 2 saturated heterocycles. The van der Waals surface area contributed by atoms with E-state index in [1.54, 1.807) is 37.3 Å². The molecule has 1 N–H and O–H groups in total. The molecule has 0 spiro atoms. The largest absolute Gasteiger partial charge is 0.493 e. The van der Waals surface area contributed by atoms with E-state index in [0.29, 0.717) is 50.5 Å². The molecule has 35 heavy (non-hydrogen) atoms. The maximum atomic E-state index is 13.1. The summed E-state index contributed by atoms with van der Waals surface area (Å²) in [6.45, 7) is 2.31. The van der Waals surface area contributed by atoms with E-state index >= 15 is 0 Å². The van der Waals surface area contributed by atoms with E-state index < -0.39 is 5.97 Å². The third-order valence-corrected chi connectivity index (χ3v) is 7.26. The molecule has 2 heterocycles. The average Bonchev–Trinajstić information content (AvgIpc) is 3.03. The summed E-state index contributed by atoms with van der Waals surface area (Å²) >= 11 is 0. The minimum absolute atomic E-state index is 0.0230. The normalized spacial score (nSPS) is 20.1. The standard InChI is InChI=1S/C27H32N2O6/c1-34-23-9-5-6-18(25(23)35-2)10-13-28-14-12-20-17-29(15-11-19(20)16-24(28)30)26(31)21-7-3-4-8-22(21)27(32)33/h3-9,19-20H,10-17H2,1-2H3,(H,32,33)/t19-,20+/m0/s1. The molecule has 0 bridgehead atoms. The molecule has 8 heteroatoms. The zero-order valence-electron chi connectivity index (χ0n) is 20.2. The SMILES string of the molecule is COc1cccc(CCN2CC[C@@H]3CN(C(=O)c4ccccc4C(=O)O)CC[C@H]3CC2=O)c1OC. The number of hydrogen-bond acceptors (Lipinski definition) is 5. The van der Waals surface area contributed by atoms with Gasteiger partial charge in [0.15, 0.2) is 11.5 Å². The second-order valence-electron chi connectivity index (χ2n) is 9.19. The van der Waals surface area contributed by atoms with E-state index in [-0.39, 0.29) is 34.8 Å². The van der Waals surface area contributed by atoms with Crippen LogP contribution in [0.5, 0.6) is 11.5 Å². The van der Waals surface area contributed by atoms with Gasteiger partial charge in [-0.05, 0) is 54.9 Å². The number of aromatic carboxylic acids is 1. The monoisotopic (exact) mass is 480 g/mol. The smallest absolute Gasteiger partial charge is 0.336 e. The number of carbonyl (C=O) groups is 3. The van der Waals surface area contributed by atoms with Crippen molar-refractivity contribution in [1.82, 2.24) is 9.80 Å². The van der Waals surface area contributed by atoms with Crippen LogP contribution in [0.15, 0.2) is 42.5 Å². The number of amides is 2. The predicted molar refractivity (Wildman–Crippen MR) is 130 cm³/mol. The van der Waals surface area contributed by atoms with E-state index in [2.05, 4.69) is 0 Å². The fourth-order valence-electron chi connectivity index (χ4n) is 5.33. The summed E-state index contributed by atoms with van der Waals surface area (Å²) in [6, 6.07) is 12.1. The summed E-state index contributed by atoms with van der Waals surface area (Å²) in [7, 11) is 3.22. The molecule has 2 fully saturated rings. The van der Waals surface area contributed by atoms with Crippen LogP contribution in [0.1, 0.15) is 45.5 Å². The van der Waals surface area contributed by atoms with Crippen LogP contribution in [-0.2, 0) is 11.2 Å². The van der Waals surface area contributed by atoms with Crippen molar-refractivity contribution in [2.75, 3.05) is 40.4 Å². The Bertz CT molecular complexity index is 1100. The van der Waals surface area contributed by atoms with Gasteiger partial charge in [-0.25, -0.2) is 4.79 Å². The Morgan fingerprint density at radius 1 is 0.971 bits per heavy atom. The van der Waals surface area contributed by atoms with Crippen LogP contribution in [-0.4, -0.2) is 73.1 Å². The molecule has 0 unspecified atom stereocenters. The number of methoxy groups -OCH3 is 2. The van der Waals surface area contributed by atoms with Crippen LogP contribution in [0, 0.1) is 11.8 Å². The molecule has 186 valence electrons. The highest BCUT2D eigenvalue weighted by Gasteiger charge is 2.37. The lowest BCUT2D eigenvalue weighted by Crippen LogP contribution is -2.44. The lowest BCUT2D eigenvalue weighted by atomic mass is 9.81. The first kappa shape index (κ1) is 24.6. The summed E-state index contributed by atoms with van der Waals surface area (Å²) < 4.78 is 10.9. The maximum absolute atomic E-state index is 13.1. The molecule has 0 aromatic heterocycles. The number of likely N-dealkylation sites (tertiary alicyclic amines) is 2. The highest BCUT2D eigenvalue weighted by molar-refractivity contribution is 6.04. The molecule has 2 aliphatic heterocycles. The van der Waals surface area contributed by atoms with Crippen molar-refractivity contribution < 1.29 is 29.0 Å². The van der Waals surface area contributed by atoms with Gasteiger partial charge in [0.25, 0.3) is 5.91 Å². The molecule has 8 nitrogen and oxygen atoms in total. The van der Waals surface area contributed by atoms with Gasteiger partial charge < -0.3 is 24.4 Å². The molecule has 2 aliphatic rings. The molecule has 2 atom stereocenters. The first-order chi connectivity index (χ1) is 16.9. The molecular formula is C27H32N2O6. The number of hydrogen-bond donors (Lipinski definition) is 1. The number of carboxylic acids is 1. The minimum atomic E-state index is -1.10. The number of para-hydroxylation sites is 1. The van der Waals surface area contributed by atoms with Crippen molar-refractivity contribution >= 4 is 17.8 Å². The highest BCUT2D eigenvalue weighted by atomic mass is 16.5. The number of nitrogens with zero attached hydrogens (tertiary/aromatic N) is 2. The second-order valence-corrected chi connectivity index (χ2v) is 9.19. The average molecular weight is 481 g/mol. The van der Waals surface area contributed by atoms with Crippen LogP contribution in [0.3, 0.4) is 0 Å². The zero-order chi connectivity index (χ0) is 24.9. The van der Waals surface area contributed by atoms with E-state index in [0.717, 1.165) is 18.4 Å². The lowest BCUT2D eigenvalue weighted by molar-refractivity contribution is -0.131. The topological polar surface area (TPSA) is 96.4 Å². The van der Waals surface area contributed by atoms with Gasteiger partial charge in [0, 0.05) is 32.6 Å². The van der Waals surface area contributed by atoms with Crippen LogP contribution >= 0.6 is 0 Å². The summed E-state index contributed by atoms with van der Waals surface area (Å²) in [4.78, 5) is 41.4. The summed E-state index contributed by atoms with van der Waals surface area (Å²) in [5.41, 5.74) is 1.24. The molecular weight excluding hydrogens is 448 g/mol. The Labute approximate surface area is 205 Å². The fraction of sp³-hybridized carbons (Fsp3) is 0.444. The second kappa shape index (κ2) is 10.8. The van der Waals surface area contributed by atoms with Gasteiger partial charge in [0.2, 0.25) is 5.91 Å². The first-order valence-electron chi connectivity index (χ1n) is 12.0. The third kappa shape index (κ3) is 5.26. The summed E-state index contributed by atoms with van der Waals surface area (Å²) in [5, 5.41) is 9.46. The number of benzene rings is 2. The molecule has 2 aromatic rings. The van der Waals surface area contributed by atoms with Gasteiger partial charge in [0.05, 0.1) is 25.3 Å². The van der Waals surface area contributed by atoms with E-state index in [4.69, 9.17) is 9.47 Å². The zero-order valence-corrected chi connectivity index (χ0v) is 20.2. The number of carboxylic acid groups (broad SMARTS) is 1. The number of fused-ring (bicyclic) bond motifs is 1. The number of carbonyl (C=O) groups excluding carboxylic acids is 2. The van der Waals surface area contributed by atoms with Gasteiger partial charge in [0.1, 0.15) is 0 Å².